The maximum Gasteiger partial charge on any atom is 0.255 e. The van der Waals surface area contributed by atoms with Crippen molar-refractivity contribution in [1.82, 2.24) is 15.0 Å². The number of carbonyl (C=O) groups excluding carboxylic acids is 1. The van der Waals surface area contributed by atoms with E-state index in [4.69, 9.17) is 11.6 Å². The molecule has 1 N–H and O–H groups in total. The number of carbonyl (C=O) groups is 1. The lowest BCUT2D eigenvalue weighted by Gasteiger charge is -2.22. The largest absolute Gasteiger partial charge is 0.372 e. The van der Waals surface area contributed by atoms with Crippen molar-refractivity contribution in [1.29, 1.82) is 0 Å². The molecule has 0 aliphatic heterocycles. The summed E-state index contributed by atoms with van der Waals surface area (Å²) >= 11 is 6.18. The Balaban J connectivity index is 1.64. The Hall–Kier alpha value is -3.38. The molecule has 0 fully saturated rings. The number of fused-ring (bicyclic) bond motifs is 1. The van der Waals surface area contributed by atoms with Crippen LogP contribution in [0.5, 0.6) is 0 Å². The van der Waals surface area contributed by atoms with Crippen LogP contribution in [0.25, 0.3) is 16.7 Å². The third kappa shape index (κ3) is 4.57. The van der Waals surface area contributed by atoms with Gasteiger partial charge in [0.1, 0.15) is 11.0 Å². The van der Waals surface area contributed by atoms with E-state index in [1.165, 1.54) is 5.69 Å². The number of aromatic nitrogens is 3. The fraction of sp³-hybridized carbons (Fsp3) is 0.269. The molecule has 1 aromatic heterocycles. The smallest absolute Gasteiger partial charge is 0.255 e. The van der Waals surface area contributed by atoms with Gasteiger partial charge in [-0.25, -0.2) is 0 Å². The SMILES string of the molecule is CCN(CC)c1ccc(-n2nc3cc(C)c(NC(=O)c4ccc(C)c(Cl)c4)cc3n2)c(C)c1. The van der Waals surface area contributed by atoms with Gasteiger partial charge in [-0.05, 0) is 93.8 Å². The number of rotatable bonds is 6. The first-order valence-electron chi connectivity index (χ1n) is 11.1. The van der Waals surface area contributed by atoms with Crippen LogP contribution in [0.2, 0.25) is 5.02 Å². The van der Waals surface area contributed by atoms with E-state index in [-0.39, 0.29) is 5.91 Å². The highest BCUT2D eigenvalue weighted by molar-refractivity contribution is 6.31. The molecule has 1 amide bonds. The van der Waals surface area contributed by atoms with Crippen LogP contribution < -0.4 is 10.2 Å². The highest BCUT2D eigenvalue weighted by Crippen LogP contribution is 2.26. The maximum absolute atomic E-state index is 12.8. The van der Waals surface area contributed by atoms with Crippen molar-refractivity contribution in [2.45, 2.75) is 34.6 Å². The topological polar surface area (TPSA) is 63.1 Å². The third-order valence-electron chi connectivity index (χ3n) is 5.93. The first-order chi connectivity index (χ1) is 15.8. The van der Waals surface area contributed by atoms with Gasteiger partial charge in [0.15, 0.2) is 0 Å². The first kappa shape index (κ1) is 22.8. The molecule has 0 unspecified atom stereocenters. The molecule has 1 heterocycles. The monoisotopic (exact) mass is 461 g/mol. The Morgan fingerprint density at radius 2 is 1.61 bits per heavy atom. The van der Waals surface area contributed by atoms with E-state index in [2.05, 4.69) is 59.4 Å². The van der Waals surface area contributed by atoms with E-state index in [1.807, 2.05) is 32.0 Å². The molecule has 33 heavy (non-hydrogen) atoms. The summed E-state index contributed by atoms with van der Waals surface area (Å²) in [6.45, 7) is 12.1. The molecule has 0 saturated heterocycles. The summed E-state index contributed by atoms with van der Waals surface area (Å²) in [7, 11) is 0. The lowest BCUT2D eigenvalue weighted by Crippen LogP contribution is -2.21. The van der Waals surface area contributed by atoms with Crippen molar-refractivity contribution in [2.24, 2.45) is 0 Å². The van der Waals surface area contributed by atoms with Gasteiger partial charge < -0.3 is 10.2 Å². The Labute approximate surface area is 199 Å². The second-order valence-corrected chi connectivity index (χ2v) is 8.61. The van der Waals surface area contributed by atoms with Crippen molar-refractivity contribution in [2.75, 3.05) is 23.3 Å². The summed E-state index contributed by atoms with van der Waals surface area (Å²) in [5.41, 5.74) is 7.76. The molecular weight excluding hydrogens is 434 g/mol. The molecule has 7 heteroatoms. The molecule has 6 nitrogen and oxygen atoms in total. The number of hydrogen-bond donors (Lipinski definition) is 1. The second kappa shape index (κ2) is 9.24. The Kier molecular flexibility index (Phi) is 6.38. The van der Waals surface area contributed by atoms with E-state index in [1.54, 1.807) is 16.9 Å². The van der Waals surface area contributed by atoms with E-state index < -0.39 is 0 Å². The van der Waals surface area contributed by atoms with Crippen LogP contribution in [0.4, 0.5) is 11.4 Å². The van der Waals surface area contributed by atoms with Crippen molar-refractivity contribution >= 4 is 39.9 Å². The molecule has 0 bridgehead atoms. The molecule has 0 aliphatic carbocycles. The number of anilines is 2. The minimum atomic E-state index is -0.213. The highest BCUT2D eigenvalue weighted by Gasteiger charge is 2.14. The fourth-order valence-electron chi connectivity index (χ4n) is 3.89. The van der Waals surface area contributed by atoms with Gasteiger partial charge in [0.2, 0.25) is 0 Å². The number of amides is 1. The van der Waals surface area contributed by atoms with Crippen LogP contribution >= 0.6 is 11.6 Å². The maximum atomic E-state index is 12.8. The zero-order valence-corrected chi connectivity index (χ0v) is 20.4. The zero-order valence-electron chi connectivity index (χ0n) is 19.6. The summed E-state index contributed by atoms with van der Waals surface area (Å²) in [6.07, 6.45) is 0. The van der Waals surface area contributed by atoms with Crippen molar-refractivity contribution in [3.63, 3.8) is 0 Å². The minimum absolute atomic E-state index is 0.213. The van der Waals surface area contributed by atoms with Gasteiger partial charge in [-0.1, -0.05) is 17.7 Å². The Morgan fingerprint density at radius 1 is 0.909 bits per heavy atom. The average Bonchev–Trinajstić information content (AvgIpc) is 3.19. The Morgan fingerprint density at radius 3 is 2.24 bits per heavy atom. The minimum Gasteiger partial charge on any atom is -0.372 e. The van der Waals surface area contributed by atoms with E-state index in [0.717, 1.165) is 41.0 Å². The van der Waals surface area contributed by atoms with E-state index in [0.29, 0.717) is 21.8 Å². The first-order valence-corrected chi connectivity index (χ1v) is 11.5. The van der Waals surface area contributed by atoms with E-state index >= 15 is 0 Å². The molecule has 0 atom stereocenters. The number of nitrogens with one attached hydrogen (secondary N) is 1. The number of aryl methyl sites for hydroxylation is 3. The van der Waals surface area contributed by atoms with Gasteiger partial charge in [0.25, 0.3) is 5.91 Å². The lowest BCUT2D eigenvalue weighted by molar-refractivity contribution is 0.102. The molecule has 0 spiro atoms. The normalized spacial score (nSPS) is 11.1. The molecule has 0 radical (unpaired) electrons. The number of benzene rings is 3. The van der Waals surface area contributed by atoms with Crippen LogP contribution in [-0.4, -0.2) is 34.0 Å². The molecule has 3 aromatic carbocycles. The van der Waals surface area contributed by atoms with Gasteiger partial charge >= 0.3 is 0 Å². The quantitative estimate of drug-likeness (QED) is 0.377. The highest BCUT2D eigenvalue weighted by atomic mass is 35.5. The average molecular weight is 462 g/mol. The standard InChI is InChI=1S/C26H28ClN5O/c1-6-31(7-2)20-10-11-25(18(5)12-20)32-29-23-13-17(4)22(15-24(23)30-32)28-26(33)19-9-8-16(3)21(27)14-19/h8-15H,6-7H2,1-5H3,(H,28,33). The van der Waals surface area contributed by atoms with E-state index in [9.17, 15) is 4.79 Å². The second-order valence-electron chi connectivity index (χ2n) is 8.21. The molecule has 170 valence electrons. The predicted molar refractivity (Wildman–Crippen MR) is 136 cm³/mol. The van der Waals surface area contributed by atoms with Crippen LogP contribution in [0.3, 0.4) is 0 Å². The van der Waals surface area contributed by atoms with Crippen LogP contribution in [-0.2, 0) is 0 Å². The van der Waals surface area contributed by atoms with Gasteiger partial charge in [-0.15, -0.1) is 10.2 Å². The summed E-state index contributed by atoms with van der Waals surface area (Å²) < 4.78 is 0. The number of nitrogens with zero attached hydrogens (tertiary/aromatic N) is 4. The van der Waals surface area contributed by atoms with Gasteiger partial charge in [0.05, 0.1) is 5.69 Å². The summed E-state index contributed by atoms with van der Waals surface area (Å²) in [5, 5.41) is 12.9. The Bertz CT molecular complexity index is 1340. The summed E-state index contributed by atoms with van der Waals surface area (Å²) in [6, 6.07) is 15.4. The molecule has 4 rings (SSSR count). The fourth-order valence-corrected chi connectivity index (χ4v) is 4.07. The summed E-state index contributed by atoms with van der Waals surface area (Å²) in [5.74, 6) is -0.213. The van der Waals surface area contributed by atoms with Crippen molar-refractivity contribution in [3.05, 3.63) is 75.8 Å². The van der Waals surface area contributed by atoms with Crippen LogP contribution in [0.15, 0.2) is 48.5 Å². The molecule has 0 saturated carbocycles. The van der Waals surface area contributed by atoms with Crippen molar-refractivity contribution < 1.29 is 4.79 Å². The van der Waals surface area contributed by atoms with Crippen LogP contribution in [0.1, 0.15) is 40.9 Å². The van der Waals surface area contributed by atoms with Gasteiger partial charge in [-0.3, -0.25) is 4.79 Å². The van der Waals surface area contributed by atoms with Crippen molar-refractivity contribution in [3.8, 4) is 5.69 Å². The lowest BCUT2D eigenvalue weighted by atomic mass is 10.1. The third-order valence-corrected chi connectivity index (χ3v) is 6.34. The van der Waals surface area contributed by atoms with Gasteiger partial charge in [-0.2, -0.15) is 4.80 Å². The number of halogens is 1. The zero-order chi connectivity index (χ0) is 23.7. The number of hydrogen-bond acceptors (Lipinski definition) is 4. The molecule has 4 aromatic rings. The molecule has 0 aliphatic rings. The summed E-state index contributed by atoms with van der Waals surface area (Å²) in [4.78, 5) is 16.7. The predicted octanol–water partition coefficient (Wildman–Crippen LogP) is 6.10. The van der Waals surface area contributed by atoms with Gasteiger partial charge in [0, 0.05) is 35.1 Å². The molecular formula is C26H28ClN5O. The van der Waals surface area contributed by atoms with Crippen LogP contribution in [0, 0.1) is 20.8 Å².